The molecule has 0 spiro atoms. The highest BCUT2D eigenvalue weighted by Crippen LogP contribution is 2.36. The molecule has 1 aliphatic rings. The summed E-state index contributed by atoms with van der Waals surface area (Å²) in [6.07, 6.45) is 0. The fourth-order valence-electron chi connectivity index (χ4n) is 2.90. The van der Waals surface area contributed by atoms with Crippen LogP contribution < -0.4 is 24.3 Å². The van der Waals surface area contributed by atoms with E-state index in [1.807, 2.05) is 18.2 Å². The minimum Gasteiger partial charge on any atom is -0.497 e. The van der Waals surface area contributed by atoms with Gasteiger partial charge in [0.1, 0.15) is 23.8 Å². The number of carbonyl (C=O) groups excluding carboxylic acids is 1. The number of carbonyl (C=O) groups is 1. The summed E-state index contributed by atoms with van der Waals surface area (Å²) in [7, 11) is 3.08. The molecule has 0 bridgehead atoms. The van der Waals surface area contributed by atoms with Crippen molar-refractivity contribution < 1.29 is 33.0 Å². The Balaban J connectivity index is 1.30. The number of ether oxygens (including phenoxy) is 5. The summed E-state index contributed by atoms with van der Waals surface area (Å²) < 4.78 is 31.9. The first kappa shape index (κ1) is 19.6. The van der Waals surface area contributed by atoms with Gasteiger partial charge in [0, 0.05) is 17.7 Å². The monoisotopic (exact) mass is 412 g/mol. The van der Waals surface area contributed by atoms with Crippen molar-refractivity contribution in [3.63, 3.8) is 0 Å². The van der Waals surface area contributed by atoms with E-state index in [1.54, 1.807) is 31.4 Å². The van der Waals surface area contributed by atoms with Crippen LogP contribution in [-0.2, 0) is 16.1 Å². The predicted molar refractivity (Wildman–Crippen MR) is 106 cm³/mol. The zero-order valence-electron chi connectivity index (χ0n) is 16.5. The number of rotatable bonds is 8. The standard InChI is InChI=1S/C21H20N2O7/c1-25-15-4-5-16(19(9-15)26-2)22-21(24)11-27-10-14-8-18(30-23-14)13-3-6-17-20(7-13)29-12-28-17/h3-9H,10-12H2,1-2H3,(H,22,24). The van der Waals surface area contributed by atoms with Gasteiger partial charge in [0.25, 0.3) is 0 Å². The van der Waals surface area contributed by atoms with Crippen LogP contribution >= 0.6 is 0 Å². The van der Waals surface area contributed by atoms with E-state index in [0.29, 0.717) is 40.1 Å². The Bertz CT molecular complexity index is 1050. The fourth-order valence-corrected chi connectivity index (χ4v) is 2.90. The molecule has 1 aromatic heterocycles. The minimum absolute atomic E-state index is 0.126. The van der Waals surface area contributed by atoms with Gasteiger partial charge >= 0.3 is 0 Å². The number of nitrogens with one attached hydrogen (secondary N) is 1. The quantitative estimate of drug-likeness (QED) is 0.602. The van der Waals surface area contributed by atoms with Crippen molar-refractivity contribution in [2.45, 2.75) is 6.61 Å². The highest BCUT2D eigenvalue weighted by atomic mass is 16.7. The molecule has 4 rings (SSSR count). The van der Waals surface area contributed by atoms with Gasteiger partial charge in [-0.15, -0.1) is 0 Å². The highest BCUT2D eigenvalue weighted by molar-refractivity contribution is 5.93. The maximum atomic E-state index is 12.2. The van der Waals surface area contributed by atoms with E-state index in [0.717, 1.165) is 5.56 Å². The van der Waals surface area contributed by atoms with Crippen molar-refractivity contribution in [2.75, 3.05) is 32.9 Å². The Morgan fingerprint density at radius 1 is 1.07 bits per heavy atom. The second-order valence-corrected chi connectivity index (χ2v) is 6.36. The molecule has 156 valence electrons. The molecule has 2 heterocycles. The molecule has 0 saturated carbocycles. The molecule has 1 N–H and O–H groups in total. The molecule has 1 aliphatic heterocycles. The lowest BCUT2D eigenvalue weighted by Gasteiger charge is -2.11. The number of nitrogens with zero attached hydrogens (tertiary/aromatic N) is 1. The lowest BCUT2D eigenvalue weighted by Crippen LogP contribution is -2.18. The van der Waals surface area contributed by atoms with Gasteiger partial charge in [-0.1, -0.05) is 5.16 Å². The molecule has 1 amide bonds. The van der Waals surface area contributed by atoms with Crippen LogP contribution in [0, 0.1) is 0 Å². The van der Waals surface area contributed by atoms with Crippen LogP contribution in [0.5, 0.6) is 23.0 Å². The Hall–Kier alpha value is -3.72. The van der Waals surface area contributed by atoms with E-state index >= 15 is 0 Å². The van der Waals surface area contributed by atoms with Gasteiger partial charge in [0.05, 0.1) is 26.5 Å². The number of anilines is 1. The summed E-state index contributed by atoms with van der Waals surface area (Å²) in [5, 5.41) is 6.72. The second-order valence-electron chi connectivity index (χ2n) is 6.36. The van der Waals surface area contributed by atoms with E-state index in [4.69, 9.17) is 28.2 Å². The van der Waals surface area contributed by atoms with E-state index in [9.17, 15) is 4.79 Å². The summed E-state index contributed by atoms with van der Waals surface area (Å²) >= 11 is 0. The maximum absolute atomic E-state index is 12.2. The van der Waals surface area contributed by atoms with Crippen LogP contribution in [0.2, 0.25) is 0 Å². The molecule has 0 atom stereocenters. The second kappa shape index (κ2) is 8.75. The van der Waals surface area contributed by atoms with Crippen LogP contribution in [0.25, 0.3) is 11.3 Å². The first-order valence-corrected chi connectivity index (χ1v) is 9.11. The first-order valence-electron chi connectivity index (χ1n) is 9.11. The van der Waals surface area contributed by atoms with Crippen LogP contribution in [0.3, 0.4) is 0 Å². The fraction of sp³-hybridized carbons (Fsp3) is 0.238. The molecule has 0 unspecified atom stereocenters. The maximum Gasteiger partial charge on any atom is 0.250 e. The lowest BCUT2D eigenvalue weighted by atomic mass is 10.1. The van der Waals surface area contributed by atoms with Gasteiger partial charge in [-0.25, -0.2) is 0 Å². The minimum atomic E-state index is -0.321. The van der Waals surface area contributed by atoms with Gasteiger partial charge in [-0.05, 0) is 30.3 Å². The number of amides is 1. The van der Waals surface area contributed by atoms with Crippen LogP contribution in [0.15, 0.2) is 47.0 Å². The van der Waals surface area contributed by atoms with E-state index in [2.05, 4.69) is 10.5 Å². The number of hydrogen-bond donors (Lipinski definition) is 1. The largest absolute Gasteiger partial charge is 0.497 e. The Labute approximate surface area is 172 Å². The Morgan fingerprint density at radius 2 is 1.93 bits per heavy atom. The van der Waals surface area contributed by atoms with E-state index in [-0.39, 0.29) is 25.9 Å². The molecular weight excluding hydrogens is 392 g/mol. The van der Waals surface area contributed by atoms with Crippen molar-refractivity contribution in [3.8, 4) is 34.3 Å². The summed E-state index contributed by atoms with van der Waals surface area (Å²) in [6.45, 7) is 0.182. The first-order chi connectivity index (χ1) is 14.7. The third-order valence-electron chi connectivity index (χ3n) is 4.38. The van der Waals surface area contributed by atoms with Crippen LogP contribution in [0.1, 0.15) is 5.69 Å². The molecule has 9 nitrogen and oxygen atoms in total. The van der Waals surface area contributed by atoms with Gasteiger partial charge in [0.15, 0.2) is 17.3 Å². The van der Waals surface area contributed by atoms with Gasteiger partial charge in [-0.3, -0.25) is 4.79 Å². The summed E-state index contributed by atoms with van der Waals surface area (Å²) in [5.74, 6) is 2.73. The van der Waals surface area contributed by atoms with Crippen molar-refractivity contribution in [2.24, 2.45) is 0 Å². The zero-order valence-corrected chi connectivity index (χ0v) is 16.5. The molecule has 2 aromatic carbocycles. The predicted octanol–water partition coefficient (Wildman–Crippen LogP) is 3.24. The molecule has 0 aliphatic carbocycles. The molecule has 30 heavy (non-hydrogen) atoms. The number of hydrogen-bond acceptors (Lipinski definition) is 8. The highest BCUT2D eigenvalue weighted by Gasteiger charge is 2.16. The lowest BCUT2D eigenvalue weighted by molar-refractivity contribution is -0.121. The summed E-state index contributed by atoms with van der Waals surface area (Å²) in [6, 6.07) is 12.4. The van der Waals surface area contributed by atoms with Crippen LogP contribution in [-0.4, -0.2) is 38.7 Å². The molecule has 0 radical (unpaired) electrons. The SMILES string of the molecule is COc1ccc(NC(=O)COCc2cc(-c3ccc4c(c3)OCO4)on2)c(OC)c1. The summed E-state index contributed by atoms with van der Waals surface area (Å²) in [5.41, 5.74) is 1.90. The van der Waals surface area contributed by atoms with E-state index < -0.39 is 0 Å². The molecule has 9 heteroatoms. The summed E-state index contributed by atoms with van der Waals surface area (Å²) in [4.78, 5) is 12.2. The molecule has 0 fully saturated rings. The number of benzene rings is 2. The van der Waals surface area contributed by atoms with Gasteiger partial charge < -0.3 is 33.5 Å². The Kier molecular flexibility index (Phi) is 5.71. The van der Waals surface area contributed by atoms with Crippen molar-refractivity contribution in [1.82, 2.24) is 5.16 Å². The smallest absolute Gasteiger partial charge is 0.250 e. The number of aromatic nitrogens is 1. The van der Waals surface area contributed by atoms with Crippen molar-refractivity contribution >= 4 is 11.6 Å². The third-order valence-corrected chi connectivity index (χ3v) is 4.38. The number of methoxy groups -OCH3 is 2. The average Bonchev–Trinajstić information content (AvgIpc) is 3.43. The third kappa shape index (κ3) is 4.31. The molecule has 3 aromatic rings. The average molecular weight is 412 g/mol. The zero-order chi connectivity index (χ0) is 20.9. The topological polar surface area (TPSA) is 101 Å². The normalized spacial score (nSPS) is 11.9. The molecule has 0 saturated heterocycles. The van der Waals surface area contributed by atoms with E-state index in [1.165, 1.54) is 7.11 Å². The number of fused-ring (bicyclic) bond motifs is 1. The van der Waals surface area contributed by atoms with Crippen molar-refractivity contribution in [1.29, 1.82) is 0 Å². The van der Waals surface area contributed by atoms with Crippen LogP contribution in [0.4, 0.5) is 5.69 Å². The molecular formula is C21H20N2O7. The van der Waals surface area contributed by atoms with Gasteiger partial charge in [0.2, 0.25) is 12.7 Å². The van der Waals surface area contributed by atoms with Gasteiger partial charge in [-0.2, -0.15) is 0 Å². The van der Waals surface area contributed by atoms with Crippen molar-refractivity contribution in [3.05, 3.63) is 48.2 Å². The Morgan fingerprint density at radius 3 is 2.77 bits per heavy atom.